The second-order valence-electron chi connectivity index (χ2n) is 7.16. The number of nitrogens with zero attached hydrogens (tertiary/aromatic N) is 2. The largest absolute Gasteiger partial charge is 0.490 e. The molecule has 4 rings (SSSR count). The summed E-state index contributed by atoms with van der Waals surface area (Å²) in [5.74, 6) is 0.405. The Hall–Kier alpha value is -2.25. The number of hydrogen-bond acceptors (Lipinski definition) is 6. The van der Waals surface area contributed by atoms with Crippen LogP contribution < -0.4 is 10.5 Å². The van der Waals surface area contributed by atoms with Crippen LogP contribution in [0.2, 0.25) is 0 Å². The normalized spacial score (nSPS) is 14.5. The zero-order valence-corrected chi connectivity index (χ0v) is 17.7. The number of thiazole rings is 2. The van der Waals surface area contributed by atoms with Gasteiger partial charge in [-0.05, 0) is 57.7 Å². The molecule has 28 heavy (non-hydrogen) atoms. The van der Waals surface area contributed by atoms with Crippen molar-refractivity contribution in [2.45, 2.75) is 52.1 Å². The molecule has 1 amide bonds. The first-order chi connectivity index (χ1) is 13.5. The van der Waals surface area contributed by atoms with Crippen LogP contribution in [0, 0.1) is 13.8 Å². The van der Waals surface area contributed by atoms with Gasteiger partial charge in [0.2, 0.25) is 5.91 Å². The SMILES string of the molecule is Cc1nc(C)c(-c2csc(Cc3cc(C(N)=O)ccc3OC3CCCC3)n2)s1. The molecule has 1 aliphatic rings. The van der Waals surface area contributed by atoms with Crippen LogP contribution >= 0.6 is 22.7 Å². The fraction of sp³-hybridized carbons (Fsp3) is 0.381. The molecule has 2 aromatic heterocycles. The standard InChI is InChI=1S/C21H23N3O2S2/c1-12-20(28-13(2)23-12)17-11-27-19(24-17)10-15-9-14(21(22)25)7-8-18(15)26-16-5-3-4-6-16/h7-9,11,16H,3-6,10H2,1-2H3,(H2,22,25). The average Bonchev–Trinajstić information content (AvgIpc) is 3.38. The number of nitrogens with two attached hydrogens (primary N) is 1. The van der Waals surface area contributed by atoms with Crippen molar-refractivity contribution in [2.75, 3.05) is 0 Å². The van der Waals surface area contributed by atoms with Crippen LogP contribution in [0.1, 0.15) is 57.3 Å². The van der Waals surface area contributed by atoms with E-state index in [2.05, 4.69) is 10.4 Å². The van der Waals surface area contributed by atoms with Crippen molar-refractivity contribution in [2.24, 2.45) is 5.73 Å². The maximum absolute atomic E-state index is 11.7. The monoisotopic (exact) mass is 413 g/mol. The van der Waals surface area contributed by atoms with Crippen molar-refractivity contribution in [1.82, 2.24) is 9.97 Å². The van der Waals surface area contributed by atoms with E-state index in [-0.39, 0.29) is 6.10 Å². The van der Waals surface area contributed by atoms with Crippen molar-refractivity contribution in [3.63, 3.8) is 0 Å². The summed E-state index contributed by atoms with van der Waals surface area (Å²) in [6.07, 6.45) is 5.47. The van der Waals surface area contributed by atoms with Gasteiger partial charge in [-0.15, -0.1) is 22.7 Å². The van der Waals surface area contributed by atoms with Gasteiger partial charge in [0.05, 0.1) is 32.4 Å². The second-order valence-corrected chi connectivity index (χ2v) is 9.31. The Morgan fingerprint density at radius 1 is 1.25 bits per heavy atom. The molecule has 1 fully saturated rings. The lowest BCUT2D eigenvalue weighted by Crippen LogP contribution is -2.14. The Morgan fingerprint density at radius 3 is 2.71 bits per heavy atom. The van der Waals surface area contributed by atoms with Crippen LogP contribution in [0.25, 0.3) is 10.6 Å². The van der Waals surface area contributed by atoms with E-state index in [0.717, 1.165) is 50.4 Å². The quantitative estimate of drug-likeness (QED) is 0.624. The lowest BCUT2D eigenvalue weighted by molar-refractivity contribution is 0.1000. The van der Waals surface area contributed by atoms with Crippen LogP contribution in [0.3, 0.4) is 0 Å². The molecule has 0 aliphatic heterocycles. The molecule has 0 bridgehead atoms. The lowest BCUT2D eigenvalue weighted by atomic mass is 10.1. The predicted molar refractivity (Wildman–Crippen MR) is 113 cm³/mol. The number of amides is 1. The number of primary amides is 1. The molecule has 1 aliphatic carbocycles. The number of carbonyl (C=O) groups excluding carboxylic acids is 1. The maximum atomic E-state index is 11.7. The van der Waals surface area contributed by atoms with E-state index in [9.17, 15) is 4.79 Å². The molecule has 2 heterocycles. The van der Waals surface area contributed by atoms with E-state index >= 15 is 0 Å². The number of rotatable bonds is 6. The van der Waals surface area contributed by atoms with E-state index in [4.69, 9.17) is 15.5 Å². The molecule has 2 N–H and O–H groups in total. The van der Waals surface area contributed by atoms with Crippen LogP contribution in [0.15, 0.2) is 23.6 Å². The highest BCUT2D eigenvalue weighted by molar-refractivity contribution is 7.16. The van der Waals surface area contributed by atoms with Gasteiger partial charge in [-0.3, -0.25) is 4.79 Å². The third-order valence-corrected chi connectivity index (χ3v) is 6.91. The van der Waals surface area contributed by atoms with Gasteiger partial charge in [0.15, 0.2) is 0 Å². The molecule has 1 aromatic carbocycles. The van der Waals surface area contributed by atoms with Crippen molar-refractivity contribution >= 4 is 28.6 Å². The summed E-state index contributed by atoms with van der Waals surface area (Å²) in [5, 5.41) is 4.10. The van der Waals surface area contributed by atoms with E-state index in [0.29, 0.717) is 12.0 Å². The summed E-state index contributed by atoms with van der Waals surface area (Å²) in [4.78, 5) is 22.1. The predicted octanol–water partition coefficient (Wildman–Crippen LogP) is 4.89. The Kier molecular flexibility index (Phi) is 5.46. The highest BCUT2D eigenvalue weighted by Gasteiger charge is 2.20. The molecular weight excluding hydrogens is 390 g/mol. The fourth-order valence-corrected chi connectivity index (χ4v) is 5.36. The number of hydrogen-bond donors (Lipinski definition) is 1. The van der Waals surface area contributed by atoms with E-state index < -0.39 is 5.91 Å². The van der Waals surface area contributed by atoms with Crippen molar-refractivity contribution in [3.8, 4) is 16.3 Å². The molecule has 0 spiro atoms. The summed E-state index contributed by atoms with van der Waals surface area (Å²) < 4.78 is 6.24. The smallest absolute Gasteiger partial charge is 0.248 e. The molecule has 1 saturated carbocycles. The number of aryl methyl sites for hydroxylation is 2. The third kappa shape index (κ3) is 4.10. The minimum atomic E-state index is -0.427. The first-order valence-electron chi connectivity index (χ1n) is 9.48. The first-order valence-corrected chi connectivity index (χ1v) is 11.2. The minimum absolute atomic E-state index is 0.257. The van der Waals surface area contributed by atoms with Gasteiger partial charge in [0.1, 0.15) is 5.75 Å². The summed E-state index contributed by atoms with van der Waals surface area (Å²) in [6.45, 7) is 4.03. The molecule has 146 valence electrons. The number of ether oxygens (including phenoxy) is 1. The lowest BCUT2D eigenvalue weighted by Gasteiger charge is -2.17. The highest BCUT2D eigenvalue weighted by Crippen LogP contribution is 2.33. The van der Waals surface area contributed by atoms with Crippen LogP contribution in [-0.2, 0) is 6.42 Å². The topological polar surface area (TPSA) is 78.1 Å². The van der Waals surface area contributed by atoms with Crippen molar-refractivity contribution in [1.29, 1.82) is 0 Å². The van der Waals surface area contributed by atoms with Gasteiger partial charge in [-0.25, -0.2) is 9.97 Å². The average molecular weight is 414 g/mol. The van der Waals surface area contributed by atoms with Gasteiger partial charge < -0.3 is 10.5 Å². The Balaban J connectivity index is 1.61. The molecule has 0 saturated heterocycles. The van der Waals surface area contributed by atoms with Crippen LogP contribution in [-0.4, -0.2) is 22.0 Å². The molecule has 5 nitrogen and oxygen atoms in total. The Bertz CT molecular complexity index is 1000. The van der Waals surface area contributed by atoms with E-state index in [1.165, 1.54) is 12.8 Å². The van der Waals surface area contributed by atoms with Crippen LogP contribution in [0.5, 0.6) is 5.75 Å². The first kappa shape index (κ1) is 19.1. The highest BCUT2D eigenvalue weighted by atomic mass is 32.1. The Morgan fingerprint density at radius 2 is 2.04 bits per heavy atom. The minimum Gasteiger partial charge on any atom is -0.490 e. The molecule has 0 unspecified atom stereocenters. The van der Waals surface area contributed by atoms with Gasteiger partial charge in [0, 0.05) is 22.9 Å². The molecule has 0 atom stereocenters. The molecule has 3 aromatic rings. The second kappa shape index (κ2) is 8.01. The van der Waals surface area contributed by atoms with E-state index in [1.54, 1.807) is 28.7 Å². The Labute approximate surface area is 172 Å². The zero-order chi connectivity index (χ0) is 19.7. The molecular formula is C21H23N3O2S2. The van der Waals surface area contributed by atoms with E-state index in [1.807, 2.05) is 26.0 Å². The summed E-state index contributed by atoms with van der Waals surface area (Å²) in [6, 6.07) is 5.46. The fourth-order valence-electron chi connectivity index (χ4n) is 3.60. The van der Waals surface area contributed by atoms with Gasteiger partial charge in [0.25, 0.3) is 0 Å². The van der Waals surface area contributed by atoms with Gasteiger partial charge in [-0.2, -0.15) is 0 Å². The van der Waals surface area contributed by atoms with Crippen molar-refractivity contribution in [3.05, 3.63) is 50.4 Å². The zero-order valence-electron chi connectivity index (χ0n) is 16.0. The summed E-state index contributed by atoms with van der Waals surface area (Å²) in [7, 11) is 0. The van der Waals surface area contributed by atoms with Gasteiger partial charge >= 0.3 is 0 Å². The number of aromatic nitrogens is 2. The van der Waals surface area contributed by atoms with Crippen LogP contribution in [0.4, 0.5) is 0 Å². The molecule has 7 heteroatoms. The van der Waals surface area contributed by atoms with Gasteiger partial charge in [-0.1, -0.05) is 0 Å². The summed E-state index contributed by atoms with van der Waals surface area (Å²) >= 11 is 3.28. The summed E-state index contributed by atoms with van der Waals surface area (Å²) in [5.41, 5.74) is 8.93. The van der Waals surface area contributed by atoms with Crippen molar-refractivity contribution < 1.29 is 9.53 Å². The number of benzene rings is 1. The number of carbonyl (C=O) groups is 1. The molecule has 0 radical (unpaired) electrons. The maximum Gasteiger partial charge on any atom is 0.248 e. The third-order valence-electron chi connectivity index (χ3n) is 4.97.